The van der Waals surface area contributed by atoms with Crippen molar-refractivity contribution in [3.05, 3.63) is 47.0 Å². The molecule has 1 unspecified atom stereocenters. The number of aryl methyl sites for hydroxylation is 2. The zero-order valence-electron chi connectivity index (χ0n) is 10.6. The summed E-state index contributed by atoms with van der Waals surface area (Å²) < 4.78 is 20.6. The van der Waals surface area contributed by atoms with Crippen LogP contribution in [0.2, 0.25) is 0 Å². The van der Waals surface area contributed by atoms with Crippen LogP contribution in [0.15, 0.2) is 24.4 Å². The van der Waals surface area contributed by atoms with Crippen LogP contribution in [0.25, 0.3) is 0 Å². The van der Waals surface area contributed by atoms with Gasteiger partial charge in [0.05, 0.1) is 19.3 Å². The number of methoxy groups -OCH3 is 1. The van der Waals surface area contributed by atoms with Crippen molar-refractivity contribution in [3.8, 4) is 5.75 Å². The highest BCUT2D eigenvalue weighted by Crippen LogP contribution is 2.29. The Labute approximate surface area is 105 Å². The van der Waals surface area contributed by atoms with Crippen molar-refractivity contribution in [2.45, 2.75) is 13.0 Å². The molecule has 0 spiro atoms. The van der Waals surface area contributed by atoms with Gasteiger partial charge < -0.3 is 10.5 Å². The van der Waals surface area contributed by atoms with E-state index in [9.17, 15) is 4.39 Å². The van der Waals surface area contributed by atoms with Crippen molar-refractivity contribution in [2.75, 3.05) is 7.11 Å². The zero-order valence-corrected chi connectivity index (χ0v) is 10.6. The van der Waals surface area contributed by atoms with Gasteiger partial charge in [0, 0.05) is 12.6 Å². The second kappa shape index (κ2) is 4.78. The lowest BCUT2D eigenvalue weighted by Crippen LogP contribution is -2.18. The highest BCUT2D eigenvalue weighted by molar-refractivity contribution is 5.38. The lowest BCUT2D eigenvalue weighted by Gasteiger charge is -2.15. The normalized spacial score (nSPS) is 12.5. The molecule has 18 heavy (non-hydrogen) atoms. The predicted molar refractivity (Wildman–Crippen MR) is 66.9 cm³/mol. The Morgan fingerprint density at radius 3 is 2.83 bits per heavy atom. The minimum Gasteiger partial charge on any atom is -0.493 e. The Balaban J connectivity index is 2.50. The molecule has 0 aliphatic rings. The van der Waals surface area contributed by atoms with Gasteiger partial charge in [-0.05, 0) is 13.0 Å². The Kier molecular flexibility index (Phi) is 3.34. The second-order valence-electron chi connectivity index (χ2n) is 4.22. The number of aromatic nitrogens is 2. The molecular weight excluding hydrogens is 233 g/mol. The molecule has 2 aromatic rings. The minimum atomic E-state index is -0.604. The quantitative estimate of drug-likeness (QED) is 0.904. The SMILES string of the molecule is COc1cnn(C)c1C(N)c1cc(C)ccc1F. The summed E-state index contributed by atoms with van der Waals surface area (Å²) in [4.78, 5) is 0. The zero-order chi connectivity index (χ0) is 13.3. The fourth-order valence-corrected chi connectivity index (χ4v) is 1.99. The van der Waals surface area contributed by atoms with Crippen LogP contribution < -0.4 is 10.5 Å². The molecule has 0 saturated heterocycles. The van der Waals surface area contributed by atoms with E-state index in [1.807, 2.05) is 6.92 Å². The maximum atomic E-state index is 13.8. The van der Waals surface area contributed by atoms with Gasteiger partial charge in [0.2, 0.25) is 0 Å². The largest absolute Gasteiger partial charge is 0.493 e. The van der Waals surface area contributed by atoms with Gasteiger partial charge in [-0.1, -0.05) is 17.7 Å². The van der Waals surface area contributed by atoms with E-state index in [2.05, 4.69) is 5.10 Å². The van der Waals surface area contributed by atoms with Gasteiger partial charge >= 0.3 is 0 Å². The van der Waals surface area contributed by atoms with Crippen LogP contribution in [-0.4, -0.2) is 16.9 Å². The summed E-state index contributed by atoms with van der Waals surface area (Å²) in [6, 6.07) is 4.28. The molecule has 0 saturated carbocycles. The predicted octanol–water partition coefficient (Wildman–Crippen LogP) is 1.92. The third kappa shape index (κ3) is 2.09. The monoisotopic (exact) mass is 249 g/mol. The molecule has 2 rings (SSSR count). The van der Waals surface area contributed by atoms with Crippen molar-refractivity contribution in [2.24, 2.45) is 12.8 Å². The number of halogens is 1. The molecule has 0 aliphatic carbocycles. The van der Waals surface area contributed by atoms with Crippen molar-refractivity contribution < 1.29 is 9.13 Å². The van der Waals surface area contributed by atoms with Crippen LogP contribution >= 0.6 is 0 Å². The average molecular weight is 249 g/mol. The molecule has 0 aliphatic heterocycles. The highest BCUT2D eigenvalue weighted by Gasteiger charge is 2.21. The van der Waals surface area contributed by atoms with E-state index in [-0.39, 0.29) is 5.82 Å². The van der Waals surface area contributed by atoms with Gasteiger partial charge in [0.15, 0.2) is 5.75 Å². The maximum Gasteiger partial charge on any atom is 0.161 e. The molecule has 0 radical (unpaired) electrons. The van der Waals surface area contributed by atoms with Crippen molar-refractivity contribution in [3.63, 3.8) is 0 Å². The minimum absolute atomic E-state index is 0.323. The Morgan fingerprint density at radius 2 is 2.17 bits per heavy atom. The standard InChI is InChI=1S/C13H16FN3O/c1-8-4-5-10(14)9(6-8)12(15)13-11(18-3)7-16-17(13)2/h4-7,12H,15H2,1-3H3. The summed E-state index contributed by atoms with van der Waals surface area (Å²) in [7, 11) is 3.30. The van der Waals surface area contributed by atoms with Crippen LogP contribution in [-0.2, 0) is 7.05 Å². The molecule has 1 atom stereocenters. The summed E-state index contributed by atoms with van der Waals surface area (Å²) in [5.41, 5.74) is 8.18. The molecule has 1 aromatic carbocycles. The van der Waals surface area contributed by atoms with Gasteiger partial charge in [-0.25, -0.2) is 4.39 Å². The third-order valence-corrected chi connectivity index (χ3v) is 2.95. The lowest BCUT2D eigenvalue weighted by molar-refractivity contribution is 0.405. The van der Waals surface area contributed by atoms with E-state index in [0.29, 0.717) is 17.0 Å². The average Bonchev–Trinajstić information content (AvgIpc) is 2.72. The second-order valence-corrected chi connectivity index (χ2v) is 4.22. The van der Waals surface area contributed by atoms with Crippen molar-refractivity contribution >= 4 is 0 Å². The number of hydrogen-bond acceptors (Lipinski definition) is 3. The van der Waals surface area contributed by atoms with Crippen LogP contribution in [0.5, 0.6) is 5.75 Å². The van der Waals surface area contributed by atoms with E-state index < -0.39 is 6.04 Å². The number of hydrogen-bond donors (Lipinski definition) is 1. The van der Waals surface area contributed by atoms with E-state index in [1.165, 1.54) is 6.07 Å². The van der Waals surface area contributed by atoms with E-state index in [0.717, 1.165) is 5.56 Å². The summed E-state index contributed by atoms with van der Waals surface area (Å²) >= 11 is 0. The Morgan fingerprint density at radius 1 is 1.44 bits per heavy atom. The summed E-state index contributed by atoms with van der Waals surface area (Å²) in [5, 5.41) is 4.08. The summed E-state index contributed by atoms with van der Waals surface area (Å²) in [6.07, 6.45) is 1.57. The Bertz CT molecular complexity index is 565. The van der Waals surface area contributed by atoms with Crippen LogP contribution in [0.4, 0.5) is 4.39 Å². The molecule has 0 amide bonds. The first-order valence-electron chi connectivity index (χ1n) is 5.62. The van der Waals surface area contributed by atoms with Crippen LogP contribution in [0.3, 0.4) is 0 Å². The smallest absolute Gasteiger partial charge is 0.161 e. The highest BCUT2D eigenvalue weighted by atomic mass is 19.1. The van der Waals surface area contributed by atoms with Gasteiger partial charge in [0.1, 0.15) is 11.5 Å². The number of ether oxygens (including phenoxy) is 1. The third-order valence-electron chi connectivity index (χ3n) is 2.95. The lowest BCUT2D eigenvalue weighted by atomic mass is 10.0. The van der Waals surface area contributed by atoms with Crippen LogP contribution in [0, 0.1) is 12.7 Å². The van der Waals surface area contributed by atoms with Gasteiger partial charge in [-0.3, -0.25) is 4.68 Å². The molecule has 0 bridgehead atoms. The Hall–Kier alpha value is -1.88. The van der Waals surface area contributed by atoms with E-state index >= 15 is 0 Å². The molecule has 1 aromatic heterocycles. The van der Waals surface area contributed by atoms with Gasteiger partial charge in [0.25, 0.3) is 0 Å². The summed E-state index contributed by atoms with van der Waals surface area (Å²) in [5.74, 6) is 0.238. The first kappa shape index (κ1) is 12.6. The van der Waals surface area contributed by atoms with Gasteiger partial charge in [-0.15, -0.1) is 0 Å². The molecule has 5 heteroatoms. The first-order chi connectivity index (χ1) is 8.54. The number of nitrogens with two attached hydrogens (primary N) is 1. The molecule has 0 fully saturated rings. The number of rotatable bonds is 3. The van der Waals surface area contributed by atoms with Crippen LogP contribution in [0.1, 0.15) is 22.9 Å². The molecule has 2 N–H and O–H groups in total. The van der Waals surface area contributed by atoms with Gasteiger partial charge in [-0.2, -0.15) is 5.10 Å². The maximum absolute atomic E-state index is 13.8. The molecule has 96 valence electrons. The number of benzene rings is 1. The van der Waals surface area contributed by atoms with Crippen molar-refractivity contribution in [1.82, 2.24) is 9.78 Å². The fraction of sp³-hybridized carbons (Fsp3) is 0.308. The van der Waals surface area contributed by atoms with E-state index in [4.69, 9.17) is 10.5 Å². The summed E-state index contributed by atoms with van der Waals surface area (Å²) in [6.45, 7) is 1.90. The molecular formula is C13H16FN3O. The topological polar surface area (TPSA) is 53.1 Å². The first-order valence-corrected chi connectivity index (χ1v) is 5.62. The molecule has 1 heterocycles. The van der Waals surface area contributed by atoms with E-state index in [1.54, 1.807) is 37.2 Å². The van der Waals surface area contributed by atoms with Crippen molar-refractivity contribution in [1.29, 1.82) is 0 Å². The number of nitrogens with zero attached hydrogens (tertiary/aromatic N) is 2. The fourth-order valence-electron chi connectivity index (χ4n) is 1.99. The molecule has 4 nitrogen and oxygen atoms in total.